The summed E-state index contributed by atoms with van der Waals surface area (Å²) in [4.78, 5) is 18.8. The number of ether oxygens (including phenoxy) is 2. The lowest BCUT2D eigenvalue weighted by atomic mass is 9.96. The maximum atomic E-state index is 11.7. The normalized spacial score (nSPS) is 14.8. The molecule has 5 heteroatoms. The highest BCUT2D eigenvalue weighted by Crippen LogP contribution is 2.30. The van der Waals surface area contributed by atoms with Crippen LogP contribution in [0, 0.1) is 0 Å². The Kier molecular flexibility index (Phi) is 6.17. The van der Waals surface area contributed by atoms with E-state index in [9.17, 15) is 4.79 Å². The highest BCUT2D eigenvalue weighted by atomic mass is 16.5. The van der Waals surface area contributed by atoms with Crippen LogP contribution in [0.4, 0.5) is 0 Å². The Morgan fingerprint density at radius 1 is 1.10 bits per heavy atom. The van der Waals surface area contributed by atoms with Crippen molar-refractivity contribution >= 4 is 16.9 Å². The van der Waals surface area contributed by atoms with Crippen LogP contribution in [0.25, 0.3) is 22.0 Å². The van der Waals surface area contributed by atoms with Crippen molar-refractivity contribution in [1.29, 1.82) is 0 Å². The summed E-state index contributed by atoms with van der Waals surface area (Å²) in [7, 11) is 1.39. The lowest BCUT2D eigenvalue weighted by molar-refractivity contribution is 0.0375. The minimum atomic E-state index is -0.324. The first-order valence-electron chi connectivity index (χ1n) is 10.1. The first-order valence-corrected chi connectivity index (χ1v) is 10.1. The fourth-order valence-electron chi connectivity index (χ4n) is 3.90. The van der Waals surface area contributed by atoms with Gasteiger partial charge in [0.15, 0.2) is 0 Å². The Hall–Kier alpha value is -2.76. The number of fused-ring (bicyclic) bond motifs is 1. The maximum Gasteiger partial charge on any atom is 0.337 e. The molecule has 3 aromatic rings. The number of esters is 1. The van der Waals surface area contributed by atoms with Crippen molar-refractivity contribution in [3.8, 4) is 11.1 Å². The molecule has 1 aliphatic rings. The molecule has 0 radical (unpaired) electrons. The number of nitrogens with zero attached hydrogens (tertiary/aromatic N) is 2. The fraction of sp³-hybridized carbons (Fsp3) is 0.333. The van der Waals surface area contributed by atoms with E-state index in [2.05, 4.69) is 28.1 Å². The topological polar surface area (TPSA) is 51.7 Å². The summed E-state index contributed by atoms with van der Waals surface area (Å²) in [5.74, 6) is -0.324. The van der Waals surface area contributed by atoms with Crippen LogP contribution >= 0.6 is 0 Å². The van der Waals surface area contributed by atoms with Gasteiger partial charge in [-0.2, -0.15) is 0 Å². The molecule has 29 heavy (non-hydrogen) atoms. The second-order valence-corrected chi connectivity index (χ2v) is 7.30. The van der Waals surface area contributed by atoms with E-state index < -0.39 is 0 Å². The van der Waals surface area contributed by atoms with Crippen LogP contribution < -0.4 is 0 Å². The van der Waals surface area contributed by atoms with E-state index in [0.717, 1.165) is 62.3 Å². The number of morpholine rings is 1. The van der Waals surface area contributed by atoms with Crippen LogP contribution in [-0.2, 0) is 15.9 Å². The average molecular weight is 390 g/mol. The Labute approximate surface area is 171 Å². The van der Waals surface area contributed by atoms with Crippen molar-refractivity contribution in [3.05, 3.63) is 65.9 Å². The Morgan fingerprint density at radius 3 is 2.66 bits per heavy atom. The Balaban J connectivity index is 1.55. The number of hydrogen-bond donors (Lipinski definition) is 0. The number of carbonyl (C=O) groups is 1. The number of aryl methyl sites for hydroxylation is 1. The van der Waals surface area contributed by atoms with Gasteiger partial charge in [0.05, 0.1) is 31.4 Å². The smallest absolute Gasteiger partial charge is 0.337 e. The van der Waals surface area contributed by atoms with E-state index in [4.69, 9.17) is 9.47 Å². The molecule has 0 N–H and O–H groups in total. The number of carbonyl (C=O) groups excluding carboxylic acids is 1. The van der Waals surface area contributed by atoms with Crippen molar-refractivity contribution in [2.45, 2.75) is 12.8 Å². The van der Waals surface area contributed by atoms with E-state index in [1.165, 1.54) is 18.1 Å². The molecule has 0 saturated carbocycles. The zero-order valence-corrected chi connectivity index (χ0v) is 16.8. The van der Waals surface area contributed by atoms with Gasteiger partial charge in [-0.15, -0.1) is 0 Å². The summed E-state index contributed by atoms with van der Waals surface area (Å²) < 4.78 is 10.2. The molecule has 0 amide bonds. The molecule has 1 fully saturated rings. The third kappa shape index (κ3) is 4.47. The average Bonchev–Trinajstić information content (AvgIpc) is 2.79. The molecule has 4 rings (SSSR count). The number of rotatable bonds is 6. The van der Waals surface area contributed by atoms with Crippen LogP contribution in [0.2, 0.25) is 0 Å². The van der Waals surface area contributed by atoms with Gasteiger partial charge in [0.25, 0.3) is 0 Å². The van der Waals surface area contributed by atoms with Crippen molar-refractivity contribution in [1.82, 2.24) is 9.88 Å². The summed E-state index contributed by atoms with van der Waals surface area (Å²) in [6.45, 7) is 4.85. The van der Waals surface area contributed by atoms with Gasteiger partial charge in [-0.1, -0.05) is 30.3 Å². The first-order chi connectivity index (χ1) is 14.3. The molecule has 0 unspecified atom stereocenters. The van der Waals surface area contributed by atoms with Crippen molar-refractivity contribution in [2.75, 3.05) is 40.0 Å². The van der Waals surface area contributed by atoms with Crippen LogP contribution in [-0.4, -0.2) is 55.8 Å². The van der Waals surface area contributed by atoms with Crippen LogP contribution in [0.15, 0.2) is 54.7 Å². The molecule has 1 aromatic heterocycles. The highest BCUT2D eigenvalue weighted by molar-refractivity contribution is 5.96. The van der Waals surface area contributed by atoms with Gasteiger partial charge >= 0.3 is 5.97 Å². The molecule has 2 aromatic carbocycles. The fourth-order valence-corrected chi connectivity index (χ4v) is 3.90. The second kappa shape index (κ2) is 9.16. The molecule has 0 aliphatic carbocycles. The summed E-state index contributed by atoms with van der Waals surface area (Å²) in [6, 6.07) is 16.0. The molecule has 0 atom stereocenters. The number of pyridine rings is 1. The van der Waals surface area contributed by atoms with Crippen molar-refractivity contribution in [2.24, 2.45) is 0 Å². The standard InChI is InChI=1S/C24H26N2O3/c1-28-24(27)20-8-6-19(7-9-20)22-11-10-18(21-5-2-12-25-23(21)22)4-3-13-26-14-16-29-17-15-26/h2,5-12H,3-4,13-17H2,1H3. The monoisotopic (exact) mass is 390 g/mol. The van der Waals surface area contributed by atoms with E-state index in [-0.39, 0.29) is 5.97 Å². The lowest BCUT2D eigenvalue weighted by Crippen LogP contribution is -2.36. The summed E-state index contributed by atoms with van der Waals surface area (Å²) in [5.41, 5.74) is 5.00. The zero-order chi connectivity index (χ0) is 20.1. The Morgan fingerprint density at radius 2 is 1.90 bits per heavy atom. The predicted molar refractivity (Wildman–Crippen MR) is 114 cm³/mol. The van der Waals surface area contributed by atoms with Gasteiger partial charge in [0.1, 0.15) is 0 Å². The van der Waals surface area contributed by atoms with Crippen LogP contribution in [0.5, 0.6) is 0 Å². The number of methoxy groups -OCH3 is 1. The van der Waals surface area contributed by atoms with Gasteiger partial charge in [-0.25, -0.2) is 4.79 Å². The van der Waals surface area contributed by atoms with Crippen molar-refractivity contribution in [3.63, 3.8) is 0 Å². The zero-order valence-electron chi connectivity index (χ0n) is 16.8. The number of hydrogen-bond acceptors (Lipinski definition) is 5. The minimum Gasteiger partial charge on any atom is -0.465 e. The van der Waals surface area contributed by atoms with E-state index in [1.54, 1.807) is 12.1 Å². The number of aromatic nitrogens is 1. The highest BCUT2D eigenvalue weighted by Gasteiger charge is 2.12. The first kappa shape index (κ1) is 19.6. The van der Waals surface area contributed by atoms with Crippen molar-refractivity contribution < 1.29 is 14.3 Å². The lowest BCUT2D eigenvalue weighted by Gasteiger charge is -2.26. The molecule has 0 bridgehead atoms. The SMILES string of the molecule is COC(=O)c1ccc(-c2ccc(CCCN3CCOCC3)c3cccnc23)cc1. The molecule has 150 valence electrons. The molecule has 5 nitrogen and oxygen atoms in total. The Bertz CT molecular complexity index is 979. The second-order valence-electron chi connectivity index (χ2n) is 7.30. The van der Waals surface area contributed by atoms with E-state index >= 15 is 0 Å². The van der Waals surface area contributed by atoms with Gasteiger partial charge in [0, 0.05) is 30.2 Å². The van der Waals surface area contributed by atoms with E-state index in [0.29, 0.717) is 5.56 Å². The minimum absolute atomic E-state index is 0.324. The third-order valence-electron chi connectivity index (χ3n) is 5.50. The van der Waals surface area contributed by atoms with Crippen LogP contribution in [0.1, 0.15) is 22.3 Å². The number of benzene rings is 2. The van der Waals surface area contributed by atoms with Crippen LogP contribution in [0.3, 0.4) is 0 Å². The predicted octanol–water partition coefficient (Wildman–Crippen LogP) is 3.95. The molecular weight excluding hydrogens is 364 g/mol. The molecular formula is C24H26N2O3. The summed E-state index contributed by atoms with van der Waals surface area (Å²) >= 11 is 0. The quantitative estimate of drug-likeness (QED) is 0.597. The molecule has 0 spiro atoms. The van der Waals surface area contributed by atoms with Gasteiger partial charge in [-0.05, 0) is 48.7 Å². The van der Waals surface area contributed by atoms with Gasteiger partial charge < -0.3 is 9.47 Å². The largest absolute Gasteiger partial charge is 0.465 e. The molecule has 1 saturated heterocycles. The van der Waals surface area contributed by atoms with Gasteiger partial charge in [-0.3, -0.25) is 9.88 Å². The maximum absolute atomic E-state index is 11.7. The van der Waals surface area contributed by atoms with Gasteiger partial charge in [0.2, 0.25) is 0 Å². The third-order valence-corrected chi connectivity index (χ3v) is 5.50. The summed E-state index contributed by atoms with van der Waals surface area (Å²) in [6.07, 6.45) is 3.99. The summed E-state index contributed by atoms with van der Waals surface area (Å²) in [5, 5.41) is 1.20. The molecule has 1 aliphatic heterocycles. The molecule has 2 heterocycles. The van der Waals surface area contributed by atoms with E-state index in [1.807, 2.05) is 24.4 Å².